The van der Waals surface area contributed by atoms with Crippen LogP contribution in [0.3, 0.4) is 0 Å². The van der Waals surface area contributed by atoms with E-state index in [1.807, 2.05) is 19.0 Å². The summed E-state index contributed by atoms with van der Waals surface area (Å²) >= 11 is 0. The van der Waals surface area contributed by atoms with E-state index in [2.05, 4.69) is 30.9 Å². The Morgan fingerprint density at radius 3 is 2.48 bits per heavy atom. The van der Waals surface area contributed by atoms with Crippen molar-refractivity contribution in [1.29, 1.82) is 0 Å². The lowest BCUT2D eigenvalue weighted by Crippen LogP contribution is -2.17. The van der Waals surface area contributed by atoms with Crippen molar-refractivity contribution >= 4 is 34.3 Å². The predicted octanol–water partition coefficient (Wildman–Crippen LogP) is 5.90. The van der Waals surface area contributed by atoms with Gasteiger partial charge in [0.2, 0.25) is 5.95 Å². The maximum Gasteiger partial charge on any atom is 0.416 e. The number of alkyl halides is 3. The van der Waals surface area contributed by atoms with Crippen LogP contribution in [0.2, 0.25) is 0 Å². The number of aromatic nitrogens is 3. The lowest BCUT2D eigenvalue weighted by molar-refractivity contribution is -0.137. The topological polar surface area (TPSA) is 95.1 Å². The molecule has 0 saturated carbocycles. The molecule has 0 spiro atoms. The number of nitrogens with zero attached hydrogens (tertiary/aromatic N) is 4. The van der Waals surface area contributed by atoms with Crippen LogP contribution < -0.4 is 16.0 Å². The van der Waals surface area contributed by atoms with Gasteiger partial charge in [0, 0.05) is 36.9 Å². The van der Waals surface area contributed by atoms with Gasteiger partial charge >= 0.3 is 6.18 Å². The fraction of sp³-hybridized carbons (Fsp3) is 0.286. The van der Waals surface area contributed by atoms with Gasteiger partial charge in [-0.25, -0.2) is 14.4 Å². The van der Waals surface area contributed by atoms with Crippen LogP contribution in [0.1, 0.15) is 28.8 Å². The zero-order valence-corrected chi connectivity index (χ0v) is 22.2. The number of carbonyl (C=O) groups is 1. The van der Waals surface area contributed by atoms with Crippen molar-refractivity contribution in [3.8, 4) is 11.1 Å². The molecule has 3 N–H and O–H groups in total. The van der Waals surface area contributed by atoms with Crippen LogP contribution in [0.15, 0.2) is 54.9 Å². The summed E-state index contributed by atoms with van der Waals surface area (Å²) in [5, 5.41) is 9.02. The highest BCUT2D eigenvalue weighted by atomic mass is 19.4. The summed E-state index contributed by atoms with van der Waals surface area (Å²) in [4.78, 5) is 27.9. The third-order valence-corrected chi connectivity index (χ3v) is 6.14. The molecule has 210 valence electrons. The molecule has 2 aromatic carbocycles. The van der Waals surface area contributed by atoms with Crippen LogP contribution in [0, 0.1) is 5.82 Å². The normalized spacial score (nSPS) is 11.6. The van der Waals surface area contributed by atoms with E-state index < -0.39 is 23.5 Å². The molecule has 4 rings (SSSR count). The van der Waals surface area contributed by atoms with Crippen LogP contribution in [0.25, 0.3) is 22.2 Å². The van der Waals surface area contributed by atoms with Crippen molar-refractivity contribution < 1.29 is 22.4 Å². The molecule has 0 bridgehead atoms. The molecule has 0 unspecified atom stereocenters. The number of benzene rings is 2. The van der Waals surface area contributed by atoms with Crippen LogP contribution in [-0.4, -0.2) is 60.0 Å². The second-order valence-corrected chi connectivity index (χ2v) is 9.42. The molecule has 1 amide bonds. The molecule has 0 atom stereocenters. The van der Waals surface area contributed by atoms with Crippen LogP contribution in [-0.2, 0) is 6.18 Å². The summed E-state index contributed by atoms with van der Waals surface area (Å²) in [5.41, 5.74) is 0.484. The number of hydrogen-bond acceptors (Lipinski definition) is 7. The molecule has 0 aliphatic carbocycles. The van der Waals surface area contributed by atoms with Gasteiger partial charge in [-0.3, -0.25) is 4.79 Å². The second kappa shape index (κ2) is 12.2. The van der Waals surface area contributed by atoms with E-state index in [0.717, 1.165) is 37.6 Å². The highest BCUT2D eigenvalue weighted by Crippen LogP contribution is 2.34. The van der Waals surface area contributed by atoms with E-state index >= 15 is 0 Å². The van der Waals surface area contributed by atoms with E-state index in [1.54, 1.807) is 19.3 Å². The quantitative estimate of drug-likeness (QED) is 0.166. The van der Waals surface area contributed by atoms with Crippen molar-refractivity contribution in [3.05, 3.63) is 71.8 Å². The highest BCUT2D eigenvalue weighted by molar-refractivity contribution is 6.06. The maximum absolute atomic E-state index is 14.8. The third kappa shape index (κ3) is 7.00. The maximum atomic E-state index is 14.8. The largest absolute Gasteiger partial charge is 0.416 e. The number of hydrogen-bond donors (Lipinski definition) is 3. The lowest BCUT2D eigenvalue weighted by Gasteiger charge is -2.17. The predicted molar refractivity (Wildman–Crippen MR) is 148 cm³/mol. The first-order chi connectivity index (χ1) is 19.0. The molecule has 0 aliphatic heterocycles. The highest BCUT2D eigenvalue weighted by Gasteiger charge is 2.31. The number of halogens is 4. The molecule has 4 aromatic rings. The van der Waals surface area contributed by atoms with Gasteiger partial charge in [-0.15, -0.1) is 0 Å². The average Bonchev–Trinajstić information content (AvgIpc) is 2.92. The first kappa shape index (κ1) is 28.7. The minimum atomic E-state index is -4.62. The molecule has 2 heterocycles. The fourth-order valence-corrected chi connectivity index (χ4v) is 4.02. The number of anilines is 3. The Labute approximate surface area is 228 Å². The molecule has 0 saturated heterocycles. The van der Waals surface area contributed by atoms with Crippen molar-refractivity contribution in [2.24, 2.45) is 0 Å². The average molecular weight is 556 g/mol. The van der Waals surface area contributed by atoms with Crippen molar-refractivity contribution in [1.82, 2.24) is 19.9 Å². The summed E-state index contributed by atoms with van der Waals surface area (Å²) in [7, 11) is 5.59. The van der Waals surface area contributed by atoms with Gasteiger partial charge in [-0.1, -0.05) is 6.07 Å². The molecular weight excluding hydrogens is 526 g/mol. The standard InChI is InChI=1S/C28H29F4N7O/c1-33-27-36-16-19-12-18(15-35-25(19)38-27)17-6-8-22(29)21(13-17)26(40)37-24-14-20(28(30,31)32)7-9-23(24)34-10-4-5-11-39(2)3/h6-9,12-16,34H,4-5,10-11H2,1-3H3,(H,37,40)(H,33,35,36,38). The molecule has 40 heavy (non-hydrogen) atoms. The van der Waals surface area contributed by atoms with Gasteiger partial charge in [0.05, 0.1) is 22.5 Å². The Kier molecular flexibility index (Phi) is 8.78. The number of fused-ring (bicyclic) bond motifs is 1. The summed E-state index contributed by atoms with van der Waals surface area (Å²) in [6.45, 7) is 1.35. The van der Waals surface area contributed by atoms with Gasteiger partial charge in [-0.2, -0.15) is 18.2 Å². The fourth-order valence-electron chi connectivity index (χ4n) is 4.02. The van der Waals surface area contributed by atoms with E-state index in [0.29, 0.717) is 40.3 Å². The Hall–Kier alpha value is -4.32. The van der Waals surface area contributed by atoms with Gasteiger partial charge < -0.3 is 20.9 Å². The number of pyridine rings is 1. The van der Waals surface area contributed by atoms with Crippen molar-refractivity contribution in [2.45, 2.75) is 19.0 Å². The van der Waals surface area contributed by atoms with E-state index in [-0.39, 0.29) is 11.3 Å². The monoisotopic (exact) mass is 555 g/mol. The molecule has 0 radical (unpaired) electrons. The summed E-state index contributed by atoms with van der Waals surface area (Å²) < 4.78 is 55.1. The zero-order valence-electron chi connectivity index (χ0n) is 22.2. The zero-order chi connectivity index (χ0) is 28.9. The van der Waals surface area contributed by atoms with Gasteiger partial charge in [-0.05, 0) is 75.4 Å². The second-order valence-electron chi connectivity index (χ2n) is 9.42. The molecular formula is C28H29F4N7O. The van der Waals surface area contributed by atoms with Gasteiger partial charge in [0.25, 0.3) is 5.91 Å². The third-order valence-electron chi connectivity index (χ3n) is 6.14. The SMILES string of the molecule is CNc1ncc2cc(-c3ccc(F)c(C(=O)Nc4cc(C(F)(F)F)ccc4NCCCCN(C)C)c3)cnc2n1. The van der Waals surface area contributed by atoms with Crippen molar-refractivity contribution in [3.63, 3.8) is 0 Å². The summed E-state index contributed by atoms with van der Waals surface area (Å²) in [5.74, 6) is -1.29. The van der Waals surface area contributed by atoms with Gasteiger partial charge in [0.15, 0.2) is 5.65 Å². The van der Waals surface area contributed by atoms with Crippen LogP contribution in [0.5, 0.6) is 0 Å². The smallest absolute Gasteiger partial charge is 0.383 e. The number of rotatable bonds is 10. The molecule has 0 aliphatic rings. The Morgan fingerprint density at radius 2 is 1.75 bits per heavy atom. The summed E-state index contributed by atoms with van der Waals surface area (Å²) in [6.07, 6.45) is 0.159. The minimum absolute atomic E-state index is 0.0953. The Morgan fingerprint density at radius 1 is 0.950 bits per heavy atom. The van der Waals surface area contributed by atoms with Crippen LogP contribution in [0.4, 0.5) is 34.9 Å². The molecule has 0 fully saturated rings. The van der Waals surface area contributed by atoms with E-state index in [1.165, 1.54) is 24.4 Å². The summed E-state index contributed by atoms with van der Waals surface area (Å²) in [6, 6.07) is 8.75. The number of amides is 1. The molecule has 8 nitrogen and oxygen atoms in total. The minimum Gasteiger partial charge on any atom is -0.383 e. The first-order valence-electron chi connectivity index (χ1n) is 12.6. The van der Waals surface area contributed by atoms with Crippen LogP contribution >= 0.6 is 0 Å². The Balaban J connectivity index is 1.59. The number of unbranched alkanes of at least 4 members (excludes halogenated alkanes) is 1. The molecule has 2 aromatic heterocycles. The van der Waals surface area contributed by atoms with Crippen molar-refractivity contribution in [2.75, 3.05) is 50.2 Å². The van der Waals surface area contributed by atoms with E-state index in [4.69, 9.17) is 0 Å². The first-order valence-corrected chi connectivity index (χ1v) is 12.6. The van der Waals surface area contributed by atoms with Gasteiger partial charge in [0.1, 0.15) is 5.82 Å². The number of nitrogens with one attached hydrogen (secondary N) is 3. The lowest BCUT2D eigenvalue weighted by atomic mass is 10.0. The van der Waals surface area contributed by atoms with E-state index in [9.17, 15) is 22.4 Å². The Bertz CT molecular complexity index is 1510. The molecule has 12 heteroatoms. The number of carbonyl (C=O) groups excluding carboxylic acids is 1.